The van der Waals surface area contributed by atoms with Crippen molar-refractivity contribution < 1.29 is 9.90 Å². The van der Waals surface area contributed by atoms with Crippen LogP contribution in [0.15, 0.2) is 47.1 Å². The van der Waals surface area contributed by atoms with Crippen molar-refractivity contribution >= 4 is 5.78 Å². The Kier molecular flexibility index (Phi) is 3.67. The summed E-state index contributed by atoms with van der Waals surface area (Å²) in [4.78, 5) is 11.8. The molecule has 2 fully saturated rings. The second-order valence-electron chi connectivity index (χ2n) is 9.12. The molecule has 1 aromatic carbocycles. The number of fused-ring (bicyclic) bond motifs is 4. The highest BCUT2D eigenvalue weighted by Crippen LogP contribution is 2.64. The fourth-order valence-electron chi connectivity index (χ4n) is 6.78. The average Bonchev–Trinajstić information content (AvgIpc) is 2.99. The van der Waals surface area contributed by atoms with E-state index in [-0.39, 0.29) is 0 Å². The molecule has 2 saturated carbocycles. The number of carbonyl (C=O) groups excluding carboxylic acids is 1. The van der Waals surface area contributed by atoms with Gasteiger partial charge in [0.15, 0.2) is 5.78 Å². The molecule has 0 saturated heterocycles. The van der Waals surface area contributed by atoms with Gasteiger partial charge in [-0.05, 0) is 103 Å². The number of hydrogen-bond acceptors (Lipinski definition) is 2. The molecule has 0 heterocycles. The number of benzene rings is 1. The minimum Gasteiger partial charge on any atom is -0.508 e. The number of aromatic hydroxyl groups is 1. The van der Waals surface area contributed by atoms with E-state index in [9.17, 15) is 9.90 Å². The van der Waals surface area contributed by atoms with Crippen molar-refractivity contribution in [2.75, 3.05) is 0 Å². The molecule has 0 aromatic heterocycles. The van der Waals surface area contributed by atoms with Crippen LogP contribution in [0.5, 0.6) is 5.75 Å². The lowest BCUT2D eigenvalue weighted by molar-refractivity contribution is -0.114. The van der Waals surface area contributed by atoms with E-state index in [2.05, 4.69) is 19.1 Å². The van der Waals surface area contributed by atoms with Crippen LogP contribution in [0.3, 0.4) is 0 Å². The number of allylic oxidation sites excluding steroid dienone is 4. The molecule has 2 nitrogen and oxygen atoms in total. The smallest absolute Gasteiger partial charge is 0.156 e. The largest absolute Gasteiger partial charge is 0.508 e. The molecule has 1 N–H and O–H groups in total. The second-order valence-corrected chi connectivity index (χ2v) is 9.12. The molecule has 4 aliphatic rings. The molecule has 0 spiro atoms. The van der Waals surface area contributed by atoms with Gasteiger partial charge in [-0.2, -0.15) is 0 Å². The Morgan fingerprint density at radius 1 is 1.00 bits per heavy atom. The lowest BCUT2D eigenvalue weighted by Gasteiger charge is -2.49. The van der Waals surface area contributed by atoms with Crippen LogP contribution in [0.2, 0.25) is 0 Å². The minimum absolute atomic E-state index is 0.330. The second kappa shape index (κ2) is 5.84. The van der Waals surface area contributed by atoms with Gasteiger partial charge in [0.25, 0.3) is 0 Å². The summed E-state index contributed by atoms with van der Waals surface area (Å²) in [6.45, 7) is 2.53. The molecule has 5 rings (SSSR count). The third-order valence-corrected chi connectivity index (χ3v) is 8.03. The third kappa shape index (κ3) is 2.34. The van der Waals surface area contributed by atoms with Crippen molar-refractivity contribution in [3.8, 4) is 5.75 Å². The molecule has 0 amide bonds. The summed E-state index contributed by atoms with van der Waals surface area (Å²) in [7, 11) is 0. The molecule has 2 heteroatoms. The van der Waals surface area contributed by atoms with Gasteiger partial charge >= 0.3 is 0 Å². The van der Waals surface area contributed by atoms with Crippen LogP contribution in [0.1, 0.15) is 69.8 Å². The highest BCUT2D eigenvalue weighted by atomic mass is 16.3. The van der Waals surface area contributed by atoms with Gasteiger partial charge in [-0.3, -0.25) is 4.79 Å². The Balaban J connectivity index is 1.49. The van der Waals surface area contributed by atoms with Gasteiger partial charge in [0, 0.05) is 6.42 Å². The van der Waals surface area contributed by atoms with Gasteiger partial charge in [-0.25, -0.2) is 0 Å². The SMILES string of the molecule is C[C@]12CCC3=C4CCC(=O)C=C4CC[C@H]3[C@@H]1CC[C@H]2c1ccc(O)cc1. The maximum absolute atomic E-state index is 11.8. The van der Waals surface area contributed by atoms with Crippen molar-refractivity contribution in [2.45, 2.75) is 64.2 Å². The highest BCUT2D eigenvalue weighted by molar-refractivity contribution is 5.93. The number of rotatable bonds is 1. The molecule has 0 bridgehead atoms. The van der Waals surface area contributed by atoms with Crippen LogP contribution in [0.25, 0.3) is 0 Å². The minimum atomic E-state index is 0.330. The van der Waals surface area contributed by atoms with Gasteiger partial charge in [0.2, 0.25) is 0 Å². The maximum Gasteiger partial charge on any atom is 0.156 e. The zero-order chi connectivity index (χ0) is 17.9. The monoisotopic (exact) mass is 348 g/mol. The first-order valence-corrected chi connectivity index (χ1v) is 10.3. The van der Waals surface area contributed by atoms with E-state index in [0.717, 1.165) is 24.7 Å². The zero-order valence-corrected chi connectivity index (χ0v) is 15.6. The Hall–Kier alpha value is -1.83. The van der Waals surface area contributed by atoms with Gasteiger partial charge in [0.1, 0.15) is 5.75 Å². The van der Waals surface area contributed by atoms with Crippen molar-refractivity contribution in [3.63, 3.8) is 0 Å². The molecule has 26 heavy (non-hydrogen) atoms. The van der Waals surface area contributed by atoms with Gasteiger partial charge in [-0.1, -0.05) is 24.6 Å². The summed E-state index contributed by atoms with van der Waals surface area (Å²) in [5, 5.41) is 9.64. The average molecular weight is 348 g/mol. The van der Waals surface area contributed by atoms with E-state index in [4.69, 9.17) is 0 Å². The summed E-state index contributed by atoms with van der Waals surface area (Å²) in [5.41, 5.74) is 6.42. The lowest BCUT2D eigenvalue weighted by Crippen LogP contribution is -2.39. The van der Waals surface area contributed by atoms with Crippen LogP contribution < -0.4 is 0 Å². The first-order chi connectivity index (χ1) is 12.6. The maximum atomic E-state index is 11.8. The summed E-state index contributed by atoms with van der Waals surface area (Å²) >= 11 is 0. The van der Waals surface area contributed by atoms with Crippen molar-refractivity contribution in [2.24, 2.45) is 17.3 Å². The van der Waals surface area contributed by atoms with Gasteiger partial charge in [-0.15, -0.1) is 0 Å². The van der Waals surface area contributed by atoms with Crippen LogP contribution in [0, 0.1) is 17.3 Å². The van der Waals surface area contributed by atoms with E-state index in [1.165, 1.54) is 43.2 Å². The van der Waals surface area contributed by atoms with E-state index < -0.39 is 0 Å². The van der Waals surface area contributed by atoms with Crippen LogP contribution in [-0.2, 0) is 4.79 Å². The number of phenols is 1. The zero-order valence-electron chi connectivity index (χ0n) is 15.6. The van der Waals surface area contributed by atoms with Crippen molar-refractivity contribution in [1.82, 2.24) is 0 Å². The third-order valence-electron chi connectivity index (χ3n) is 8.03. The Morgan fingerprint density at radius 2 is 1.81 bits per heavy atom. The standard InChI is InChI=1S/C24H28O2/c1-24-13-12-20-19-9-7-18(26)14-16(19)4-8-21(20)23(24)11-10-22(24)15-2-5-17(25)6-3-15/h2-3,5-6,14,21-23,25H,4,7-13H2,1H3/t21-,22+,23+,24-/m1/s1. The van der Waals surface area contributed by atoms with E-state index in [1.807, 2.05) is 18.2 Å². The summed E-state index contributed by atoms with van der Waals surface area (Å²) in [5.74, 6) is 2.82. The number of ketones is 1. The molecule has 136 valence electrons. The highest BCUT2D eigenvalue weighted by Gasteiger charge is 2.53. The summed E-state index contributed by atoms with van der Waals surface area (Å²) in [6, 6.07) is 7.96. The number of hydrogen-bond donors (Lipinski definition) is 1. The van der Waals surface area contributed by atoms with Crippen molar-refractivity contribution in [1.29, 1.82) is 0 Å². The normalized spacial score (nSPS) is 36.3. The molecule has 0 aliphatic heterocycles. The van der Waals surface area contributed by atoms with E-state index in [0.29, 0.717) is 29.3 Å². The fourth-order valence-corrected chi connectivity index (χ4v) is 6.78. The number of phenolic OH excluding ortho intramolecular Hbond substituents is 1. The van der Waals surface area contributed by atoms with Crippen molar-refractivity contribution in [3.05, 3.63) is 52.6 Å². The molecule has 4 aliphatic carbocycles. The molecular formula is C24H28O2. The molecular weight excluding hydrogens is 320 g/mol. The summed E-state index contributed by atoms with van der Waals surface area (Å²) < 4.78 is 0. The van der Waals surface area contributed by atoms with E-state index in [1.54, 1.807) is 11.1 Å². The Morgan fingerprint density at radius 3 is 2.62 bits per heavy atom. The quantitative estimate of drug-likeness (QED) is 0.709. The Labute approximate surface area is 156 Å². The molecule has 1 aromatic rings. The van der Waals surface area contributed by atoms with Crippen LogP contribution in [0.4, 0.5) is 0 Å². The van der Waals surface area contributed by atoms with Gasteiger partial charge in [0.05, 0.1) is 0 Å². The summed E-state index contributed by atoms with van der Waals surface area (Å²) in [6.07, 6.45) is 11.1. The Bertz CT molecular complexity index is 813. The van der Waals surface area contributed by atoms with Crippen LogP contribution >= 0.6 is 0 Å². The topological polar surface area (TPSA) is 37.3 Å². The van der Waals surface area contributed by atoms with Crippen LogP contribution in [-0.4, -0.2) is 10.9 Å². The molecule has 0 unspecified atom stereocenters. The fraction of sp³-hybridized carbons (Fsp3) is 0.542. The predicted molar refractivity (Wildman–Crippen MR) is 103 cm³/mol. The molecule has 4 atom stereocenters. The van der Waals surface area contributed by atoms with E-state index >= 15 is 0 Å². The molecule has 0 radical (unpaired) electrons. The number of carbonyl (C=O) groups is 1. The first-order valence-electron chi connectivity index (χ1n) is 10.3. The first kappa shape index (κ1) is 16.4. The lowest BCUT2D eigenvalue weighted by atomic mass is 9.55. The predicted octanol–water partition coefficient (Wildman–Crippen LogP) is 5.68. The van der Waals surface area contributed by atoms with Gasteiger partial charge < -0.3 is 5.11 Å².